The van der Waals surface area contributed by atoms with E-state index in [0.717, 1.165) is 39.5 Å². The number of carbonyl (C=O) groups is 1. The number of aromatic nitrogens is 3. The fourth-order valence-electron chi connectivity index (χ4n) is 2.71. The number of fused-ring (bicyclic) bond motifs is 1. The Morgan fingerprint density at radius 3 is 2.75 bits per heavy atom. The van der Waals surface area contributed by atoms with Gasteiger partial charge in [-0.3, -0.25) is 4.79 Å². The van der Waals surface area contributed by atoms with Crippen molar-refractivity contribution in [1.82, 2.24) is 20.3 Å². The van der Waals surface area contributed by atoms with Gasteiger partial charge in [-0.15, -0.1) is 11.3 Å². The van der Waals surface area contributed by atoms with Gasteiger partial charge in [0.15, 0.2) is 0 Å². The van der Waals surface area contributed by atoms with Gasteiger partial charge in [0.1, 0.15) is 10.8 Å². The van der Waals surface area contributed by atoms with Crippen molar-refractivity contribution in [3.05, 3.63) is 45.2 Å². The highest BCUT2D eigenvalue weighted by Gasteiger charge is 2.17. The lowest BCUT2D eigenvalue weighted by Gasteiger charge is -2.14. The molecule has 1 aromatic carbocycles. The van der Waals surface area contributed by atoms with Gasteiger partial charge in [0.05, 0.1) is 29.2 Å². The molecule has 2 aromatic heterocycles. The number of thiazole rings is 1. The third kappa shape index (κ3) is 3.48. The zero-order valence-electron chi connectivity index (χ0n) is 14.4. The Morgan fingerprint density at radius 2 is 2.08 bits per heavy atom. The molecule has 1 atom stereocenters. The number of H-pyrrole nitrogens is 1. The van der Waals surface area contributed by atoms with Crippen LogP contribution >= 0.6 is 11.3 Å². The first-order valence-corrected chi connectivity index (χ1v) is 8.96. The molecule has 3 aromatic rings. The van der Waals surface area contributed by atoms with E-state index in [1.54, 1.807) is 11.3 Å². The molecular weight excluding hydrogens is 320 g/mol. The second-order valence-corrected chi connectivity index (χ2v) is 7.31. The van der Waals surface area contributed by atoms with Crippen LogP contribution in [0, 0.1) is 20.8 Å². The van der Waals surface area contributed by atoms with E-state index in [4.69, 9.17) is 0 Å². The van der Waals surface area contributed by atoms with Crippen LogP contribution in [0.4, 0.5) is 0 Å². The summed E-state index contributed by atoms with van der Waals surface area (Å²) in [4.78, 5) is 25.8. The molecule has 2 N–H and O–H groups in total. The van der Waals surface area contributed by atoms with Crippen molar-refractivity contribution in [2.45, 2.75) is 46.6 Å². The zero-order chi connectivity index (χ0) is 17.3. The number of benzene rings is 1. The fourth-order valence-corrected chi connectivity index (χ4v) is 3.77. The number of carbonyl (C=O) groups excluding carboxylic acids is 1. The van der Waals surface area contributed by atoms with Crippen molar-refractivity contribution >= 4 is 28.3 Å². The molecule has 0 aliphatic rings. The summed E-state index contributed by atoms with van der Waals surface area (Å²) in [5, 5.41) is 4.10. The van der Waals surface area contributed by atoms with Crippen molar-refractivity contribution in [2.75, 3.05) is 0 Å². The molecule has 0 spiro atoms. The molecule has 0 aliphatic carbocycles. The van der Waals surface area contributed by atoms with Crippen LogP contribution in [0.25, 0.3) is 11.0 Å². The smallest absolute Gasteiger partial charge is 0.224 e. The molecule has 5 nitrogen and oxygen atoms in total. The number of nitrogens with zero attached hydrogens (tertiary/aromatic N) is 2. The van der Waals surface area contributed by atoms with Crippen molar-refractivity contribution < 1.29 is 4.79 Å². The summed E-state index contributed by atoms with van der Waals surface area (Å²) < 4.78 is 0. The minimum Gasteiger partial charge on any atom is -0.347 e. The van der Waals surface area contributed by atoms with Crippen LogP contribution < -0.4 is 5.32 Å². The molecule has 126 valence electrons. The molecule has 0 fully saturated rings. The van der Waals surface area contributed by atoms with Crippen molar-refractivity contribution in [1.29, 1.82) is 0 Å². The Morgan fingerprint density at radius 1 is 1.29 bits per heavy atom. The zero-order valence-corrected chi connectivity index (χ0v) is 15.3. The Kier molecular flexibility index (Phi) is 4.66. The van der Waals surface area contributed by atoms with Crippen LogP contribution in [-0.2, 0) is 11.2 Å². The molecule has 0 unspecified atom stereocenters. The summed E-state index contributed by atoms with van der Waals surface area (Å²) in [6, 6.07) is 5.88. The minimum absolute atomic E-state index is 0.0166. The van der Waals surface area contributed by atoms with Crippen LogP contribution in [0.15, 0.2) is 18.2 Å². The molecule has 3 rings (SSSR count). The Hall–Kier alpha value is -2.21. The maximum absolute atomic E-state index is 12.4. The predicted octanol–water partition coefficient (Wildman–Crippen LogP) is 3.75. The van der Waals surface area contributed by atoms with Gasteiger partial charge in [-0.2, -0.15) is 0 Å². The molecule has 0 radical (unpaired) electrons. The first-order valence-electron chi connectivity index (χ1n) is 8.14. The molecule has 1 amide bonds. The van der Waals surface area contributed by atoms with Gasteiger partial charge < -0.3 is 10.3 Å². The van der Waals surface area contributed by atoms with Gasteiger partial charge in [0, 0.05) is 4.88 Å². The topological polar surface area (TPSA) is 70.7 Å². The van der Waals surface area contributed by atoms with Crippen molar-refractivity contribution in [3.8, 4) is 0 Å². The average molecular weight is 342 g/mol. The molecule has 0 saturated carbocycles. The van der Waals surface area contributed by atoms with E-state index in [2.05, 4.69) is 34.1 Å². The predicted molar refractivity (Wildman–Crippen MR) is 97.3 cm³/mol. The number of rotatable bonds is 5. The highest BCUT2D eigenvalue weighted by molar-refractivity contribution is 7.11. The van der Waals surface area contributed by atoms with Crippen LogP contribution in [0.1, 0.15) is 46.4 Å². The summed E-state index contributed by atoms with van der Waals surface area (Å²) in [6.45, 7) is 8.06. The molecule has 0 aliphatic heterocycles. The van der Waals surface area contributed by atoms with E-state index in [0.29, 0.717) is 6.42 Å². The van der Waals surface area contributed by atoms with E-state index < -0.39 is 0 Å². The number of nitrogens with one attached hydrogen (secondary N) is 2. The lowest BCUT2D eigenvalue weighted by atomic mass is 10.1. The number of amides is 1. The maximum Gasteiger partial charge on any atom is 0.224 e. The fraction of sp³-hybridized carbons (Fsp3) is 0.389. The van der Waals surface area contributed by atoms with Crippen LogP contribution in [0.2, 0.25) is 0 Å². The second-order valence-electron chi connectivity index (χ2n) is 6.07. The molecule has 24 heavy (non-hydrogen) atoms. The number of aryl methyl sites for hydroxylation is 3. The van der Waals surface area contributed by atoms with Crippen LogP contribution in [-0.4, -0.2) is 20.9 Å². The van der Waals surface area contributed by atoms with Gasteiger partial charge in [-0.05, 0) is 44.9 Å². The van der Waals surface area contributed by atoms with Gasteiger partial charge >= 0.3 is 0 Å². The second kappa shape index (κ2) is 6.73. The van der Waals surface area contributed by atoms with Crippen LogP contribution in [0.3, 0.4) is 0 Å². The van der Waals surface area contributed by atoms with Crippen LogP contribution in [0.5, 0.6) is 0 Å². The van der Waals surface area contributed by atoms with Crippen molar-refractivity contribution in [3.63, 3.8) is 0 Å². The van der Waals surface area contributed by atoms with E-state index in [-0.39, 0.29) is 11.9 Å². The number of imidazole rings is 1. The van der Waals surface area contributed by atoms with Crippen molar-refractivity contribution in [2.24, 2.45) is 0 Å². The molecular formula is C18H22N4OS. The lowest BCUT2D eigenvalue weighted by Crippen LogP contribution is -2.29. The number of hydrogen-bond acceptors (Lipinski definition) is 4. The maximum atomic E-state index is 12.4. The summed E-state index contributed by atoms with van der Waals surface area (Å²) in [5.74, 6) is 0.898. The first kappa shape index (κ1) is 16.6. The SMILES string of the molecule is CC[C@H](NC(=O)Cc1ccc2nc(C)[nH]c2c1)c1nc(C)c(C)s1. The lowest BCUT2D eigenvalue weighted by molar-refractivity contribution is -0.121. The molecule has 2 heterocycles. The minimum atomic E-state index is -0.0203. The molecule has 0 bridgehead atoms. The van der Waals surface area contributed by atoms with Gasteiger partial charge in [0.2, 0.25) is 5.91 Å². The van der Waals surface area contributed by atoms with Gasteiger partial charge in [-0.25, -0.2) is 9.97 Å². The molecule has 6 heteroatoms. The summed E-state index contributed by atoms with van der Waals surface area (Å²) in [5.41, 5.74) is 3.92. The number of aromatic amines is 1. The summed E-state index contributed by atoms with van der Waals surface area (Å²) in [6.07, 6.45) is 1.19. The number of hydrogen-bond donors (Lipinski definition) is 2. The monoisotopic (exact) mass is 342 g/mol. The van der Waals surface area contributed by atoms with Gasteiger partial charge in [0.25, 0.3) is 0 Å². The van der Waals surface area contributed by atoms with E-state index in [1.807, 2.05) is 32.0 Å². The third-order valence-electron chi connectivity index (χ3n) is 4.12. The van der Waals surface area contributed by atoms with E-state index in [9.17, 15) is 4.79 Å². The van der Waals surface area contributed by atoms with E-state index in [1.165, 1.54) is 4.88 Å². The quantitative estimate of drug-likeness (QED) is 0.742. The standard InChI is InChI=1S/C18H22N4OS/c1-5-14(18-19-10(2)11(3)24-18)22-17(23)9-13-6-7-15-16(8-13)21-12(4)20-15/h6-8,14H,5,9H2,1-4H3,(H,20,21)(H,22,23)/t14-/m0/s1. The highest BCUT2D eigenvalue weighted by atomic mass is 32.1. The normalized spacial score (nSPS) is 12.5. The van der Waals surface area contributed by atoms with Gasteiger partial charge in [-0.1, -0.05) is 13.0 Å². The summed E-state index contributed by atoms with van der Waals surface area (Å²) >= 11 is 1.66. The third-order valence-corrected chi connectivity index (χ3v) is 5.30. The largest absolute Gasteiger partial charge is 0.347 e. The first-order chi connectivity index (χ1) is 11.5. The van der Waals surface area contributed by atoms with E-state index >= 15 is 0 Å². The summed E-state index contributed by atoms with van der Waals surface area (Å²) in [7, 11) is 0. The Balaban J connectivity index is 1.70. The molecule has 0 saturated heterocycles. The Bertz CT molecular complexity index is 861. The Labute approximate surface area is 145 Å². The highest BCUT2D eigenvalue weighted by Crippen LogP contribution is 2.25. The average Bonchev–Trinajstić information content (AvgIpc) is 3.06.